The molecule has 1 aromatic carbocycles. The Balaban J connectivity index is 0.00000205. The normalized spacial score (nSPS) is 13.0. The van der Waals surface area contributed by atoms with Crippen molar-refractivity contribution in [1.82, 2.24) is 19.5 Å². The fourth-order valence-electron chi connectivity index (χ4n) is 3.40. The number of aryl methyl sites for hydroxylation is 1. The molecule has 0 amide bonds. The Kier molecular flexibility index (Phi) is 4.91. The zero-order chi connectivity index (χ0) is 19.1. The molecule has 0 aliphatic heterocycles. The fraction of sp³-hybridized carbons (Fsp3) is 0.182. The second-order valence-corrected chi connectivity index (χ2v) is 7.17. The number of halogens is 1. The predicted octanol–water partition coefficient (Wildman–Crippen LogP) is 4.94. The molecule has 4 aromatic rings. The van der Waals surface area contributed by atoms with Gasteiger partial charge in [-0.25, -0.2) is 15.0 Å². The van der Waals surface area contributed by atoms with Crippen molar-refractivity contribution < 1.29 is 0 Å². The van der Waals surface area contributed by atoms with Crippen molar-refractivity contribution in [3.63, 3.8) is 0 Å². The van der Waals surface area contributed by atoms with Crippen LogP contribution in [-0.2, 0) is 7.05 Å². The van der Waals surface area contributed by atoms with Gasteiger partial charge in [-0.05, 0) is 60.7 Å². The van der Waals surface area contributed by atoms with Crippen LogP contribution >= 0.6 is 12.4 Å². The maximum Gasteiger partial charge on any atom is 0.132 e. The van der Waals surface area contributed by atoms with Crippen molar-refractivity contribution in [3.8, 4) is 17.3 Å². The average Bonchev–Trinajstić information content (AvgIpc) is 3.51. The predicted molar refractivity (Wildman–Crippen MR) is 115 cm³/mol. The first kappa shape index (κ1) is 18.9. The molecule has 0 saturated heterocycles. The van der Waals surface area contributed by atoms with E-state index in [1.807, 2.05) is 24.0 Å². The molecule has 0 radical (unpaired) electrons. The molecule has 7 heteroatoms. The zero-order valence-corrected chi connectivity index (χ0v) is 16.6. The highest BCUT2D eigenvalue weighted by molar-refractivity contribution is 5.85. The SMILES string of the molecule is Cl.Cn1cnc2ccc(-c3cc(C4CC4)cc(Nc4cc(C#N)ccn4)n3)cc21. The molecule has 6 nitrogen and oxygen atoms in total. The first-order chi connectivity index (χ1) is 13.7. The molecule has 5 rings (SSSR count). The summed E-state index contributed by atoms with van der Waals surface area (Å²) in [6.45, 7) is 0. The van der Waals surface area contributed by atoms with Crippen LogP contribution in [-0.4, -0.2) is 19.5 Å². The minimum atomic E-state index is 0. The highest BCUT2D eigenvalue weighted by atomic mass is 35.5. The summed E-state index contributed by atoms with van der Waals surface area (Å²) >= 11 is 0. The van der Waals surface area contributed by atoms with Gasteiger partial charge in [-0.15, -0.1) is 12.4 Å². The van der Waals surface area contributed by atoms with Gasteiger partial charge < -0.3 is 9.88 Å². The van der Waals surface area contributed by atoms with E-state index in [1.165, 1.54) is 18.4 Å². The lowest BCUT2D eigenvalue weighted by Crippen LogP contribution is -1.99. The highest BCUT2D eigenvalue weighted by Crippen LogP contribution is 2.42. The van der Waals surface area contributed by atoms with Crippen molar-refractivity contribution in [3.05, 3.63) is 66.1 Å². The molecule has 0 spiro atoms. The molecule has 1 aliphatic carbocycles. The second-order valence-electron chi connectivity index (χ2n) is 7.17. The lowest BCUT2D eigenvalue weighted by molar-refractivity contribution is 0.948. The van der Waals surface area contributed by atoms with E-state index in [0.717, 1.165) is 28.1 Å². The summed E-state index contributed by atoms with van der Waals surface area (Å²) in [5, 5.41) is 12.4. The zero-order valence-electron chi connectivity index (χ0n) is 15.8. The maximum atomic E-state index is 9.11. The highest BCUT2D eigenvalue weighted by Gasteiger charge is 2.25. The number of hydrogen-bond donors (Lipinski definition) is 1. The Labute approximate surface area is 174 Å². The molecule has 1 fully saturated rings. The first-order valence-corrected chi connectivity index (χ1v) is 9.26. The van der Waals surface area contributed by atoms with Gasteiger partial charge in [-0.2, -0.15) is 5.26 Å². The van der Waals surface area contributed by atoms with E-state index in [9.17, 15) is 0 Å². The van der Waals surface area contributed by atoms with Crippen LogP contribution in [0.2, 0.25) is 0 Å². The number of fused-ring (bicyclic) bond motifs is 1. The Morgan fingerprint density at radius 3 is 2.72 bits per heavy atom. The van der Waals surface area contributed by atoms with Gasteiger partial charge in [-0.3, -0.25) is 0 Å². The summed E-state index contributed by atoms with van der Waals surface area (Å²) in [5.74, 6) is 1.96. The van der Waals surface area contributed by atoms with Crippen LogP contribution in [0.4, 0.5) is 11.6 Å². The molecule has 0 bridgehead atoms. The maximum absolute atomic E-state index is 9.11. The van der Waals surface area contributed by atoms with Gasteiger partial charge in [0.25, 0.3) is 0 Å². The summed E-state index contributed by atoms with van der Waals surface area (Å²) in [5.41, 5.74) is 5.88. The minimum Gasteiger partial charge on any atom is -0.334 e. The molecule has 1 saturated carbocycles. The van der Waals surface area contributed by atoms with Gasteiger partial charge in [0.15, 0.2) is 0 Å². The summed E-state index contributed by atoms with van der Waals surface area (Å²) in [4.78, 5) is 13.5. The van der Waals surface area contributed by atoms with Crippen LogP contribution in [0.3, 0.4) is 0 Å². The van der Waals surface area contributed by atoms with Gasteiger partial charge in [0.1, 0.15) is 11.6 Å². The van der Waals surface area contributed by atoms with Gasteiger partial charge >= 0.3 is 0 Å². The average molecular weight is 403 g/mol. The monoisotopic (exact) mass is 402 g/mol. The van der Waals surface area contributed by atoms with Gasteiger partial charge in [0.05, 0.1) is 34.7 Å². The van der Waals surface area contributed by atoms with E-state index in [4.69, 9.17) is 10.2 Å². The van der Waals surface area contributed by atoms with Gasteiger partial charge in [0.2, 0.25) is 0 Å². The van der Waals surface area contributed by atoms with E-state index >= 15 is 0 Å². The van der Waals surface area contributed by atoms with Crippen molar-refractivity contribution in [1.29, 1.82) is 5.26 Å². The van der Waals surface area contributed by atoms with Crippen LogP contribution < -0.4 is 5.32 Å². The number of nitriles is 1. The van der Waals surface area contributed by atoms with Gasteiger partial charge in [-0.1, -0.05) is 6.07 Å². The number of benzene rings is 1. The van der Waals surface area contributed by atoms with Gasteiger partial charge in [0, 0.05) is 18.8 Å². The lowest BCUT2D eigenvalue weighted by Gasteiger charge is -2.11. The number of nitrogens with zero attached hydrogens (tertiary/aromatic N) is 5. The topological polar surface area (TPSA) is 79.4 Å². The van der Waals surface area contributed by atoms with Crippen molar-refractivity contribution >= 4 is 35.1 Å². The van der Waals surface area contributed by atoms with E-state index in [0.29, 0.717) is 17.3 Å². The first-order valence-electron chi connectivity index (χ1n) is 9.26. The van der Waals surface area contributed by atoms with E-state index in [2.05, 4.69) is 45.6 Å². The second kappa shape index (κ2) is 7.53. The van der Waals surface area contributed by atoms with E-state index in [-0.39, 0.29) is 12.4 Å². The van der Waals surface area contributed by atoms with Crippen LogP contribution in [0, 0.1) is 11.3 Å². The Morgan fingerprint density at radius 2 is 1.93 bits per heavy atom. The number of pyridine rings is 2. The minimum absolute atomic E-state index is 0. The summed E-state index contributed by atoms with van der Waals surface area (Å²) in [7, 11) is 1.99. The van der Waals surface area contributed by atoms with Crippen molar-refractivity contribution in [2.24, 2.45) is 7.05 Å². The van der Waals surface area contributed by atoms with Crippen LogP contribution in [0.5, 0.6) is 0 Å². The van der Waals surface area contributed by atoms with Crippen LogP contribution in [0.25, 0.3) is 22.3 Å². The van der Waals surface area contributed by atoms with Crippen LogP contribution in [0.15, 0.2) is 55.0 Å². The van der Waals surface area contributed by atoms with E-state index in [1.54, 1.807) is 18.3 Å². The number of rotatable bonds is 4. The summed E-state index contributed by atoms with van der Waals surface area (Å²) in [6, 6.07) is 16.0. The molecular formula is C22H19ClN6. The number of anilines is 2. The smallest absolute Gasteiger partial charge is 0.132 e. The molecule has 3 heterocycles. The number of aromatic nitrogens is 4. The summed E-state index contributed by atoms with van der Waals surface area (Å²) in [6.07, 6.45) is 5.88. The molecule has 1 aliphatic rings. The molecule has 29 heavy (non-hydrogen) atoms. The summed E-state index contributed by atoms with van der Waals surface area (Å²) < 4.78 is 2.01. The molecule has 1 N–H and O–H groups in total. The quantitative estimate of drug-likeness (QED) is 0.522. The van der Waals surface area contributed by atoms with Crippen LogP contribution in [0.1, 0.15) is 29.9 Å². The Morgan fingerprint density at radius 1 is 1.07 bits per heavy atom. The largest absolute Gasteiger partial charge is 0.334 e. The van der Waals surface area contributed by atoms with E-state index < -0.39 is 0 Å². The molecule has 0 unspecified atom stereocenters. The molecular weight excluding hydrogens is 384 g/mol. The standard InChI is InChI=1S/C22H18N6.ClH/c1-28-13-25-18-5-4-16(10-20(18)28)19-9-17(15-2-3-15)11-22(26-19)27-21-8-14(12-23)6-7-24-21;/h4-11,13,15H,2-3H2,1H3,(H,24,26,27);1H. The molecule has 3 aromatic heterocycles. The third kappa shape index (κ3) is 3.78. The third-order valence-electron chi connectivity index (χ3n) is 5.06. The van der Waals surface area contributed by atoms with Crippen molar-refractivity contribution in [2.45, 2.75) is 18.8 Å². The number of hydrogen-bond acceptors (Lipinski definition) is 5. The fourth-order valence-corrected chi connectivity index (χ4v) is 3.40. The third-order valence-corrected chi connectivity index (χ3v) is 5.06. The molecule has 0 atom stereocenters. The Hall–Kier alpha value is -3.43. The number of imidazole rings is 1. The number of nitrogens with one attached hydrogen (secondary N) is 1. The lowest BCUT2D eigenvalue weighted by atomic mass is 10.1. The van der Waals surface area contributed by atoms with Crippen molar-refractivity contribution in [2.75, 3.05) is 5.32 Å². The molecule has 144 valence electrons. The Bertz CT molecular complexity index is 1240.